The Bertz CT molecular complexity index is 1260. The van der Waals surface area contributed by atoms with Crippen LogP contribution in [0.3, 0.4) is 0 Å². The highest BCUT2D eigenvalue weighted by Gasteiger charge is 2.17. The molecule has 0 aliphatic rings. The van der Waals surface area contributed by atoms with Crippen LogP contribution >= 0.6 is 11.6 Å². The molecule has 3 rings (SSSR count). The zero-order valence-electron chi connectivity index (χ0n) is 18.6. The molecular formula is C25H21ClN2O7. The number of nitro benzene ring substituents is 1. The van der Waals surface area contributed by atoms with Gasteiger partial charge in [0.15, 0.2) is 11.5 Å². The Hall–Kier alpha value is -4.37. The molecule has 0 aliphatic carbocycles. The van der Waals surface area contributed by atoms with Crippen molar-refractivity contribution in [3.63, 3.8) is 0 Å². The van der Waals surface area contributed by atoms with Crippen LogP contribution in [0, 0.1) is 10.1 Å². The lowest BCUT2D eigenvalue weighted by Gasteiger charge is -2.15. The number of hydrogen-bond donors (Lipinski definition) is 2. The first kappa shape index (κ1) is 25.3. The molecule has 3 aromatic carbocycles. The second-order valence-corrected chi connectivity index (χ2v) is 7.57. The van der Waals surface area contributed by atoms with Gasteiger partial charge in [0.25, 0.3) is 11.6 Å². The summed E-state index contributed by atoms with van der Waals surface area (Å²) in [7, 11) is 0. The summed E-state index contributed by atoms with van der Waals surface area (Å²) in [6, 6.07) is 17.1. The molecule has 0 spiro atoms. The number of non-ortho nitro benzene ring substituents is 1. The predicted molar refractivity (Wildman–Crippen MR) is 130 cm³/mol. The number of carbonyl (C=O) groups is 2. The number of nitrogens with one attached hydrogen (secondary N) is 1. The van der Waals surface area contributed by atoms with Crippen LogP contribution in [0.4, 0.5) is 5.69 Å². The predicted octanol–water partition coefficient (Wildman–Crippen LogP) is 5.08. The van der Waals surface area contributed by atoms with Crippen molar-refractivity contribution in [2.75, 3.05) is 6.61 Å². The van der Waals surface area contributed by atoms with E-state index >= 15 is 0 Å². The Kier molecular flexibility index (Phi) is 8.42. The van der Waals surface area contributed by atoms with Crippen LogP contribution in [0.1, 0.15) is 28.4 Å². The molecule has 0 heterocycles. The van der Waals surface area contributed by atoms with Gasteiger partial charge in [-0.1, -0.05) is 29.8 Å². The van der Waals surface area contributed by atoms with Crippen molar-refractivity contribution in [2.24, 2.45) is 0 Å². The number of rotatable bonds is 10. The van der Waals surface area contributed by atoms with Crippen molar-refractivity contribution in [3.05, 3.63) is 104 Å². The minimum absolute atomic E-state index is 0.0356. The Morgan fingerprint density at radius 3 is 2.37 bits per heavy atom. The number of aliphatic carboxylic acids is 1. The molecule has 0 radical (unpaired) electrons. The highest BCUT2D eigenvalue weighted by atomic mass is 35.5. The molecule has 0 aromatic heterocycles. The van der Waals surface area contributed by atoms with Gasteiger partial charge in [0.05, 0.1) is 16.6 Å². The van der Waals surface area contributed by atoms with Crippen molar-refractivity contribution in [2.45, 2.75) is 13.5 Å². The van der Waals surface area contributed by atoms with E-state index in [0.717, 1.165) is 0 Å². The van der Waals surface area contributed by atoms with Crippen LogP contribution in [-0.2, 0) is 11.4 Å². The van der Waals surface area contributed by atoms with E-state index < -0.39 is 16.8 Å². The van der Waals surface area contributed by atoms with E-state index in [2.05, 4.69) is 5.32 Å². The van der Waals surface area contributed by atoms with E-state index in [1.807, 2.05) is 0 Å². The lowest BCUT2D eigenvalue weighted by atomic mass is 10.1. The van der Waals surface area contributed by atoms with Crippen LogP contribution in [0.2, 0.25) is 5.02 Å². The number of amides is 1. The summed E-state index contributed by atoms with van der Waals surface area (Å²) in [5.74, 6) is -1.40. The van der Waals surface area contributed by atoms with Gasteiger partial charge in [-0.2, -0.15) is 0 Å². The zero-order valence-corrected chi connectivity index (χ0v) is 19.3. The summed E-state index contributed by atoms with van der Waals surface area (Å²) in [6.45, 7) is 2.12. The van der Waals surface area contributed by atoms with Gasteiger partial charge in [0, 0.05) is 17.7 Å². The Labute approximate surface area is 205 Å². The summed E-state index contributed by atoms with van der Waals surface area (Å²) in [5, 5.41) is 22.9. The summed E-state index contributed by atoms with van der Waals surface area (Å²) in [6.07, 6.45) is 1.26. The minimum atomic E-state index is -1.33. The van der Waals surface area contributed by atoms with Crippen LogP contribution in [0.5, 0.6) is 11.5 Å². The van der Waals surface area contributed by atoms with Crippen LogP contribution in [0.15, 0.2) is 72.4 Å². The fraction of sp³-hybridized carbons (Fsp3) is 0.120. The highest BCUT2D eigenvalue weighted by Crippen LogP contribution is 2.38. The lowest BCUT2D eigenvalue weighted by Crippen LogP contribution is -2.27. The largest absolute Gasteiger partial charge is 0.490 e. The maximum atomic E-state index is 12.4. The molecule has 10 heteroatoms. The van der Waals surface area contributed by atoms with Gasteiger partial charge < -0.3 is 19.9 Å². The SMILES string of the molecule is CCOc1cc(C=C(NC(=O)c2ccccc2)C(=O)O)cc(Cl)c1OCc1ccc([N+](=O)[O-])cc1. The topological polar surface area (TPSA) is 128 Å². The summed E-state index contributed by atoms with van der Waals surface area (Å²) in [5.41, 5.74) is 0.966. The second kappa shape index (κ2) is 11.7. The second-order valence-electron chi connectivity index (χ2n) is 7.16. The molecule has 9 nitrogen and oxygen atoms in total. The molecule has 0 fully saturated rings. The molecule has 0 unspecified atom stereocenters. The molecule has 3 aromatic rings. The standard InChI is InChI=1S/C25H21ClN2O7/c1-2-34-22-14-17(13-21(25(30)31)27-24(29)18-6-4-3-5-7-18)12-20(26)23(22)35-15-16-8-10-19(11-9-16)28(32)33/h3-14H,2,15H2,1H3,(H,27,29)(H,30,31). The van der Waals surface area contributed by atoms with E-state index in [4.69, 9.17) is 21.1 Å². The Morgan fingerprint density at radius 2 is 1.77 bits per heavy atom. The minimum Gasteiger partial charge on any atom is -0.490 e. The number of hydrogen-bond acceptors (Lipinski definition) is 6. The van der Waals surface area contributed by atoms with Crippen molar-refractivity contribution in [1.29, 1.82) is 0 Å². The van der Waals surface area contributed by atoms with E-state index in [9.17, 15) is 24.8 Å². The van der Waals surface area contributed by atoms with E-state index in [1.54, 1.807) is 49.4 Å². The van der Waals surface area contributed by atoms with E-state index in [1.165, 1.54) is 30.3 Å². The van der Waals surface area contributed by atoms with Gasteiger partial charge in [-0.05, 0) is 60.5 Å². The number of ether oxygens (including phenoxy) is 2. The number of halogens is 1. The molecular weight excluding hydrogens is 476 g/mol. The normalized spacial score (nSPS) is 11.0. The first-order valence-corrected chi connectivity index (χ1v) is 10.8. The third-order valence-corrected chi connectivity index (χ3v) is 4.97. The first-order valence-electron chi connectivity index (χ1n) is 10.4. The fourth-order valence-corrected chi connectivity index (χ4v) is 3.32. The molecule has 35 heavy (non-hydrogen) atoms. The number of carboxylic acid groups (broad SMARTS) is 1. The summed E-state index contributed by atoms with van der Waals surface area (Å²) in [4.78, 5) is 34.5. The number of nitrogens with zero attached hydrogens (tertiary/aromatic N) is 1. The Morgan fingerprint density at radius 1 is 1.09 bits per heavy atom. The molecule has 0 saturated heterocycles. The summed E-state index contributed by atoms with van der Waals surface area (Å²) >= 11 is 6.41. The van der Waals surface area contributed by atoms with Crippen LogP contribution in [0.25, 0.3) is 6.08 Å². The van der Waals surface area contributed by atoms with Gasteiger partial charge in [0.1, 0.15) is 12.3 Å². The molecule has 0 saturated carbocycles. The molecule has 0 atom stereocenters. The molecule has 0 aliphatic heterocycles. The number of benzene rings is 3. The molecule has 2 N–H and O–H groups in total. The van der Waals surface area contributed by atoms with Crippen molar-refractivity contribution >= 4 is 35.2 Å². The molecule has 1 amide bonds. The van der Waals surface area contributed by atoms with Gasteiger partial charge in [-0.15, -0.1) is 0 Å². The average molecular weight is 497 g/mol. The van der Waals surface area contributed by atoms with E-state index in [-0.39, 0.29) is 41.1 Å². The van der Waals surface area contributed by atoms with Crippen LogP contribution in [-0.4, -0.2) is 28.5 Å². The quantitative estimate of drug-likeness (QED) is 0.227. The summed E-state index contributed by atoms with van der Waals surface area (Å²) < 4.78 is 11.4. The van der Waals surface area contributed by atoms with Gasteiger partial charge in [0.2, 0.25) is 0 Å². The number of carboxylic acids is 1. The third kappa shape index (κ3) is 6.81. The van der Waals surface area contributed by atoms with Gasteiger partial charge in [-0.3, -0.25) is 14.9 Å². The molecule has 0 bridgehead atoms. The molecule has 180 valence electrons. The maximum absolute atomic E-state index is 12.4. The van der Waals surface area contributed by atoms with Crippen molar-refractivity contribution < 1.29 is 29.1 Å². The van der Waals surface area contributed by atoms with Crippen molar-refractivity contribution in [1.82, 2.24) is 5.32 Å². The average Bonchev–Trinajstić information content (AvgIpc) is 2.84. The van der Waals surface area contributed by atoms with Gasteiger partial charge >= 0.3 is 5.97 Å². The smallest absolute Gasteiger partial charge is 0.352 e. The highest BCUT2D eigenvalue weighted by molar-refractivity contribution is 6.32. The van der Waals surface area contributed by atoms with Crippen LogP contribution < -0.4 is 14.8 Å². The zero-order chi connectivity index (χ0) is 25.4. The monoisotopic (exact) mass is 496 g/mol. The number of nitro groups is 1. The third-order valence-electron chi connectivity index (χ3n) is 4.69. The fourth-order valence-electron chi connectivity index (χ4n) is 3.05. The maximum Gasteiger partial charge on any atom is 0.352 e. The van der Waals surface area contributed by atoms with E-state index in [0.29, 0.717) is 16.7 Å². The Balaban J connectivity index is 1.84. The number of carbonyl (C=O) groups excluding carboxylic acids is 1. The first-order chi connectivity index (χ1) is 16.8. The van der Waals surface area contributed by atoms with Gasteiger partial charge in [-0.25, -0.2) is 4.79 Å². The lowest BCUT2D eigenvalue weighted by molar-refractivity contribution is -0.384. The van der Waals surface area contributed by atoms with Crippen molar-refractivity contribution in [3.8, 4) is 11.5 Å².